The Hall–Kier alpha value is -3.51. The molecule has 0 aliphatic heterocycles. The van der Waals surface area contributed by atoms with E-state index in [4.69, 9.17) is 0 Å². The number of hydrogen-bond donors (Lipinski definition) is 0. The zero-order valence-electron chi connectivity index (χ0n) is 20.1. The smallest absolute Gasteiger partial charge is 0.377 e. The minimum absolute atomic E-state index is 0.00187. The minimum atomic E-state index is -7.48. The van der Waals surface area contributed by atoms with Gasteiger partial charge in [0.05, 0.1) is 0 Å². The maximum Gasteiger partial charge on any atom is 0.460 e. The van der Waals surface area contributed by atoms with Crippen molar-refractivity contribution >= 4 is 43.9 Å². The van der Waals surface area contributed by atoms with E-state index in [1.54, 1.807) is 12.1 Å². The van der Waals surface area contributed by atoms with Crippen LogP contribution in [0.3, 0.4) is 0 Å². The number of rotatable bonds is 8. The highest BCUT2D eigenvalue weighted by Crippen LogP contribution is 2.55. The van der Waals surface area contributed by atoms with E-state index in [9.17, 15) is 52.5 Å². The van der Waals surface area contributed by atoms with Crippen molar-refractivity contribution < 1.29 is 56.7 Å². The fourth-order valence-electron chi connectivity index (χ4n) is 4.01. The molecule has 0 aliphatic carbocycles. The van der Waals surface area contributed by atoms with Crippen LogP contribution in [0.15, 0.2) is 97.1 Å². The molecule has 0 amide bonds. The van der Waals surface area contributed by atoms with Crippen LogP contribution < -0.4 is 20.1 Å². The Balaban J connectivity index is 1.96. The number of fused-ring (bicyclic) bond motifs is 1. The van der Waals surface area contributed by atoms with E-state index >= 15 is 0 Å². The van der Waals surface area contributed by atoms with E-state index in [0.29, 0.717) is 6.07 Å². The summed E-state index contributed by atoms with van der Waals surface area (Å²) in [6, 6.07) is 22.0. The summed E-state index contributed by atoms with van der Waals surface area (Å²) in [6.45, 7) is 0. The van der Waals surface area contributed by atoms with Crippen molar-refractivity contribution in [2.45, 2.75) is 23.3 Å². The predicted octanol–water partition coefficient (Wildman–Crippen LogP) is 6.61. The Labute approximate surface area is 226 Å². The second-order valence-corrected chi connectivity index (χ2v) is 12.9. The van der Waals surface area contributed by atoms with E-state index in [1.807, 2.05) is 0 Å². The highest BCUT2D eigenvalue weighted by atomic mass is 32.2. The molecule has 15 heteroatoms. The first-order valence-corrected chi connectivity index (χ1v) is 14.4. The van der Waals surface area contributed by atoms with Crippen molar-refractivity contribution in [1.82, 2.24) is 0 Å². The Bertz CT molecular complexity index is 1680. The average Bonchev–Trinajstić information content (AvgIpc) is 2.92. The van der Waals surface area contributed by atoms with Crippen LogP contribution in [-0.2, 0) is 14.7 Å². The molecule has 4 nitrogen and oxygen atoms in total. The van der Waals surface area contributed by atoms with Crippen molar-refractivity contribution in [2.24, 2.45) is 0 Å². The third-order valence-corrected chi connectivity index (χ3v) is 10.4. The SMILES string of the molecule is O=P(c1ccccc1)(c1ccccc1)c1cccc2cccc(OS(=O)(=O)C(F)(F)C(F)(F)C(F)(F)C(F)(F)F)c12. The second kappa shape index (κ2) is 10.1. The molecule has 41 heavy (non-hydrogen) atoms. The van der Waals surface area contributed by atoms with Gasteiger partial charge in [-0.2, -0.15) is 47.9 Å². The Morgan fingerprint density at radius 2 is 1.05 bits per heavy atom. The normalized spacial score (nSPS) is 13.8. The number of alkyl halides is 9. The van der Waals surface area contributed by atoms with Crippen LogP contribution in [0, 0.1) is 0 Å². The third kappa shape index (κ3) is 4.76. The van der Waals surface area contributed by atoms with Crippen LogP contribution >= 0.6 is 7.14 Å². The molecule has 0 bridgehead atoms. The number of hydrogen-bond acceptors (Lipinski definition) is 4. The van der Waals surface area contributed by atoms with E-state index in [1.165, 1.54) is 72.8 Å². The molecule has 0 heterocycles. The molecule has 4 aromatic carbocycles. The van der Waals surface area contributed by atoms with Crippen LogP contribution in [0.4, 0.5) is 39.5 Å². The monoisotopic (exact) mass is 626 g/mol. The Kier molecular flexibility index (Phi) is 7.49. The summed E-state index contributed by atoms with van der Waals surface area (Å²) in [5.74, 6) is -16.1. The van der Waals surface area contributed by atoms with E-state index < -0.39 is 51.7 Å². The fourth-order valence-corrected chi connectivity index (χ4v) is 7.82. The van der Waals surface area contributed by atoms with Crippen molar-refractivity contribution in [3.05, 3.63) is 97.1 Å². The summed E-state index contributed by atoms with van der Waals surface area (Å²) in [5, 5.41) is -7.38. The average molecular weight is 626 g/mol. The summed E-state index contributed by atoms with van der Waals surface area (Å²) in [7, 11) is -11.3. The van der Waals surface area contributed by atoms with Gasteiger partial charge in [-0.1, -0.05) is 91.0 Å². The maximum absolute atomic E-state index is 14.9. The van der Waals surface area contributed by atoms with Crippen molar-refractivity contribution in [3.63, 3.8) is 0 Å². The summed E-state index contributed by atoms with van der Waals surface area (Å²) >= 11 is 0. The molecule has 0 fully saturated rings. The predicted molar refractivity (Wildman–Crippen MR) is 134 cm³/mol. The van der Waals surface area contributed by atoms with Gasteiger partial charge in [0.2, 0.25) is 0 Å². The number of benzene rings is 4. The van der Waals surface area contributed by atoms with Gasteiger partial charge in [-0.15, -0.1) is 0 Å². The van der Waals surface area contributed by atoms with Gasteiger partial charge >= 0.3 is 33.4 Å². The quantitative estimate of drug-likeness (QED) is 0.126. The van der Waals surface area contributed by atoms with Crippen LogP contribution in [0.25, 0.3) is 10.8 Å². The lowest BCUT2D eigenvalue weighted by Crippen LogP contribution is -2.63. The maximum atomic E-state index is 14.9. The largest absolute Gasteiger partial charge is 0.460 e. The lowest BCUT2D eigenvalue weighted by atomic mass is 10.1. The molecule has 0 aliphatic rings. The van der Waals surface area contributed by atoms with Gasteiger partial charge in [0.15, 0.2) is 12.9 Å². The zero-order chi connectivity index (χ0) is 30.5. The van der Waals surface area contributed by atoms with E-state index in [-0.39, 0.29) is 21.3 Å². The summed E-state index contributed by atoms with van der Waals surface area (Å²) in [6.07, 6.45) is -7.24. The summed E-state index contributed by atoms with van der Waals surface area (Å²) < 4.78 is 165. The van der Waals surface area contributed by atoms with Gasteiger partial charge in [0.1, 0.15) is 0 Å². The van der Waals surface area contributed by atoms with Crippen LogP contribution in [-0.4, -0.2) is 31.7 Å². The standard InChI is InChI=1S/C26H16F9O4PS/c27-23(28,25(31,32)33)24(29,30)26(34,35)41(37,38)39-20-15-7-9-17-10-8-16-21(22(17)20)40(36,18-11-3-1-4-12-18)19-13-5-2-6-14-19/h1-16H. The molecule has 0 radical (unpaired) electrons. The third-order valence-electron chi connectivity index (χ3n) is 6.05. The van der Waals surface area contributed by atoms with Gasteiger partial charge in [-0.3, -0.25) is 0 Å². The molecular weight excluding hydrogens is 610 g/mol. The first-order valence-electron chi connectivity index (χ1n) is 11.3. The van der Waals surface area contributed by atoms with Crippen molar-refractivity contribution in [1.29, 1.82) is 0 Å². The molecule has 4 rings (SSSR count). The van der Waals surface area contributed by atoms with Crippen LogP contribution in [0.2, 0.25) is 0 Å². The molecule has 0 aromatic heterocycles. The van der Waals surface area contributed by atoms with Gasteiger partial charge in [-0.25, -0.2) is 0 Å². The fraction of sp³-hybridized carbons (Fsp3) is 0.154. The zero-order valence-corrected chi connectivity index (χ0v) is 21.8. The van der Waals surface area contributed by atoms with Gasteiger partial charge in [0, 0.05) is 21.3 Å². The highest BCUT2D eigenvalue weighted by Gasteiger charge is 2.86. The van der Waals surface area contributed by atoms with Crippen LogP contribution in [0.1, 0.15) is 0 Å². The molecule has 0 N–H and O–H groups in total. The molecular formula is C26H16F9O4PS. The first kappa shape index (κ1) is 30.4. The van der Waals surface area contributed by atoms with Gasteiger partial charge < -0.3 is 8.75 Å². The minimum Gasteiger partial charge on any atom is -0.377 e. The Morgan fingerprint density at radius 3 is 1.51 bits per heavy atom. The number of halogens is 9. The summed E-state index contributed by atoms with van der Waals surface area (Å²) in [4.78, 5) is 0. The lowest BCUT2D eigenvalue weighted by molar-refractivity contribution is -0.382. The van der Waals surface area contributed by atoms with Gasteiger partial charge in [0.25, 0.3) is 0 Å². The van der Waals surface area contributed by atoms with E-state index in [0.717, 1.165) is 6.07 Å². The molecule has 0 unspecified atom stereocenters. The van der Waals surface area contributed by atoms with Crippen molar-refractivity contribution in [3.8, 4) is 5.75 Å². The molecule has 0 spiro atoms. The molecule has 0 atom stereocenters. The first-order chi connectivity index (χ1) is 18.9. The Morgan fingerprint density at radius 1 is 0.585 bits per heavy atom. The molecule has 4 aromatic rings. The summed E-state index contributed by atoms with van der Waals surface area (Å²) in [5.41, 5.74) is 0. The van der Waals surface area contributed by atoms with E-state index in [2.05, 4.69) is 4.18 Å². The molecule has 0 saturated carbocycles. The van der Waals surface area contributed by atoms with Crippen molar-refractivity contribution in [2.75, 3.05) is 0 Å². The van der Waals surface area contributed by atoms with Gasteiger partial charge in [-0.05, 0) is 11.5 Å². The second-order valence-electron chi connectivity index (χ2n) is 8.61. The lowest BCUT2D eigenvalue weighted by Gasteiger charge is -2.32. The molecule has 0 saturated heterocycles. The highest BCUT2D eigenvalue weighted by molar-refractivity contribution is 7.88. The van der Waals surface area contributed by atoms with Crippen LogP contribution in [0.5, 0.6) is 5.75 Å². The molecule has 218 valence electrons. The topological polar surface area (TPSA) is 60.4 Å².